The average molecular weight is 198 g/mol. The zero-order chi connectivity index (χ0) is 11.6. The van der Waals surface area contributed by atoms with E-state index in [-0.39, 0.29) is 5.41 Å². The fourth-order valence-electron chi connectivity index (χ4n) is 1.83. The van der Waals surface area contributed by atoms with E-state index >= 15 is 0 Å². The van der Waals surface area contributed by atoms with E-state index in [1.165, 1.54) is 0 Å². The molecule has 84 valence electrons. The van der Waals surface area contributed by atoms with Crippen molar-refractivity contribution in [2.24, 2.45) is 11.3 Å². The van der Waals surface area contributed by atoms with Gasteiger partial charge in [-0.2, -0.15) is 0 Å². The first-order chi connectivity index (χ1) is 6.05. The first-order valence-electron chi connectivity index (χ1n) is 5.48. The van der Waals surface area contributed by atoms with Crippen LogP contribution in [0.4, 0.5) is 0 Å². The Morgan fingerprint density at radius 3 is 1.79 bits per heavy atom. The second kappa shape index (κ2) is 4.48. The molecule has 1 N–H and O–H groups in total. The first kappa shape index (κ1) is 13.7. The van der Waals surface area contributed by atoms with Gasteiger partial charge in [0.2, 0.25) is 0 Å². The zero-order valence-corrected chi connectivity index (χ0v) is 10.8. The van der Waals surface area contributed by atoms with Crippen molar-refractivity contribution in [1.29, 1.82) is 0 Å². The third kappa shape index (κ3) is 4.80. The SMILES string of the molecule is CC(C)CC=C(C(C)(C)C)C(C)(C)O. The topological polar surface area (TPSA) is 20.2 Å². The number of hydrogen-bond acceptors (Lipinski definition) is 1. The van der Waals surface area contributed by atoms with Crippen molar-refractivity contribution < 1.29 is 5.11 Å². The summed E-state index contributed by atoms with van der Waals surface area (Å²) < 4.78 is 0. The quantitative estimate of drug-likeness (QED) is 0.684. The molecule has 0 bridgehead atoms. The monoisotopic (exact) mass is 198 g/mol. The molecule has 0 saturated heterocycles. The predicted molar refractivity (Wildman–Crippen MR) is 63.3 cm³/mol. The third-order valence-corrected chi connectivity index (χ3v) is 2.26. The van der Waals surface area contributed by atoms with Crippen molar-refractivity contribution >= 4 is 0 Å². The van der Waals surface area contributed by atoms with E-state index in [1.54, 1.807) is 0 Å². The fourth-order valence-corrected chi connectivity index (χ4v) is 1.83. The van der Waals surface area contributed by atoms with Crippen LogP contribution in [0.3, 0.4) is 0 Å². The third-order valence-electron chi connectivity index (χ3n) is 2.26. The van der Waals surface area contributed by atoms with E-state index in [0.717, 1.165) is 12.0 Å². The Labute approximate surface area is 89.2 Å². The van der Waals surface area contributed by atoms with Crippen LogP contribution in [0.15, 0.2) is 11.6 Å². The lowest BCUT2D eigenvalue weighted by Gasteiger charge is -2.33. The van der Waals surface area contributed by atoms with Gasteiger partial charge in [0.05, 0.1) is 5.60 Å². The summed E-state index contributed by atoms with van der Waals surface area (Å²) in [6.07, 6.45) is 3.24. The molecule has 1 heteroatoms. The highest BCUT2D eigenvalue weighted by atomic mass is 16.3. The lowest BCUT2D eigenvalue weighted by Crippen LogP contribution is -2.30. The Morgan fingerprint density at radius 1 is 1.14 bits per heavy atom. The van der Waals surface area contributed by atoms with Crippen LogP contribution >= 0.6 is 0 Å². The molecule has 0 aliphatic rings. The van der Waals surface area contributed by atoms with Gasteiger partial charge in [0.15, 0.2) is 0 Å². The van der Waals surface area contributed by atoms with E-state index in [4.69, 9.17) is 0 Å². The van der Waals surface area contributed by atoms with Gasteiger partial charge in [-0.15, -0.1) is 0 Å². The van der Waals surface area contributed by atoms with Gasteiger partial charge < -0.3 is 5.11 Å². The van der Waals surface area contributed by atoms with Crippen molar-refractivity contribution in [3.63, 3.8) is 0 Å². The molecular weight excluding hydrogens is 172 g/mol. The van der Waals surface area contributed by atoms with Gasteiger partial charge in [0.1, 0.15) is 0 Å². The molecule has 1 nitrogen and oxygen atoms in total. The second-order valence-corrected chi connectivity index (χ2v) is 6.06. The fraction of sp³-hybridized carbons (Fsp3) is 0.846. The summed E-state index contributed by atoms with van der Waals surface area (Å²) in [6.45, 7) is 14.6. The van der Waals surface area contributed by atoms with Gasteiger partial charge in [0.25, 0.3) is 0 Å². The number of hydrogen-bond donors (Lipinski definition) is 1. The van der Waals surface area contributed by atoms with E-state index in [1.807, 2.05) is 13.8 Å². The minimum Gasteiger partial charge on any atom is -0.386 e. The van der Waals surface area contributed by atoms with Crippen LogP contribution in [0.1, 0.15) is 54.9 Å². The Kier molecular flexibility index (Phi) is 4.38. The molecule has 0 spiro atoms. The molecule has 0 aromatic heterocycles. The van der Waals surface area contributed by atoms with E-state index < -0.39 is 5.60 Å². The molecule has 0 aromatic rings. The van der Waals surface area contributed by atoms with Gasteiger partial charge in [-0.1, -0.05) is 40.7 Å². The van der Waals surface area contributed by atoms with E-state index in [2.05, 4.69) is 40.7 Å². The Hall–Kier alpha value is -0.300. The van der Waals surface area contributed by atoms with Crippen LogP contribution in [0, 0.1) is 11.3 Å². The molecule has 0 aliphatic heterocycles. The van der Waals surface area contributed by atoms with Gasteiger partial charge in [-0.25, -0.2) is 0 Å². The molecule has 0 heterocycles. The summed E-state index contributed by atoms with van der Waals surface area (Å²) in [4.78, 5) is 0. The smallest absolute Gasteiger partial charge is 0.0805 e. The average Bonchev–Trinajstić information content (AvgIpc) is 1.78. The molecule has 0 fully saturated rings. The molecule has 0 rings (SSSR count). The summed E-state index contributed by atoms with van der Waals surface area (Å²) in [6, 6.07) is 0. The molecular formula is C13H26O. The normalized spacial score (nSPS) is 15.1. The standard InChI is InChI=1S/C13H26O/c1-10(2)8-9-11(12(3,4)5)13(6,7)14/h9-10,14H,8H2,1-7H3. The molecule has 0 atom stereocenters. The van der Waals surface area contributed by atoms with Crippen molar-refractivity contribution in [3.05, 3.63) is 11.6 Å². The largest absolute Gasteiger partial charge is 0.386 e. The van der Waals surface area contributed by atoms with Crippen LogP contribution in [0.2, 0.25) is 0 Å². The maximum Gasteiger partial charge on any atom is 0.0805 e. The summed E-state index contributed by atoms with van der Waals surface area (Å²) in [5, 5.41) is 10.1. The minimum absolute atomic E-state index is 0.0488. The molecule has 0 saturated carbocycles. The van der Waals surface area contributed by atoms with Crippen LogP contribution in [0.25, 0.3) is 0 Å². The number of allylic oxidation sites excluding steroid dienone is 1. The second-order valence-electron chi connectivity index (χ2n) is 6.06. The van der Waals surface area contributed by atoms with Crippen molar-refractivity contribution in [3.8, 4) is 0 Å². The molecule has 0 aliphatic carbocycles. The molecule has 0 radical (unpaired) electrons. The van der Waals surface area contributed by atoms with Gasteiger partial charge in [-0.3, -0.25) is 0 Å². The summed E-state index contributed by atoms with van der Waals surface area (Å²) in [5.41, 5.74) is 0.485. The maximum absolute atomic E-state index is 10.1. The van der Waals surface area contributed by atoms with Gasteiger partial charge in [0, 0.05) is 0 Å². The number of aliphatic hydroxyl groups is 1. The minimum atomic E-state index is -0.701. The molecule has 0 amide bonds. The summed E-state index contributed by atoms with van der Waals surface area (Å²) in [5.74, 6) is 0.648. The van der Waals surface area contributed by atoms with Gasteiger partial charge in [-0.05, 0) is 37.2 Å². The van der Waals surface area contributed by atoms with Crippen LogP contribution in [-0.4, -0.2) is 10.7 Å². The predicted octanol–water partition coefficient (Wildman–Crippen LogP) is 3.78. The van der Waals surface area contributed by atoms with Crippen LogP contribution in [-0.2, 0) is 0 Å². The Bertz CT molecular complexity index is 182. The Balaban J connectivity index is 4.84. The summed E-state index contributed by atoms with van der Waals surface area (Å²) >= 11 is 0. The highest BCUT2D eigenvalue weighted by molar-refractivity contribution is 5.20. The van der Waals surface area contributed by atoms with Crippen molar-refractivity contribution in [2.75, 3.05) is 0 Å². The van der Waals surface area contributed by atoms with Gasteiger partial charge >= 0.3 is 0 Å². The molecule has 0 aromatic carbocycles. The highest BCUT2D eigenvalue weighted by Gasteiger charge is 2.29. The highest BCUT2D eigenvalue weighted by Crippen LogP contribution is 2.34. The van der Waals surface area contributed by atoms with Crippen LogP contribution < -0.4 is 0 Å². The lowest BCUT2D eigenvalue weighted by molar-refractivity contribution is 0.0974. The van der Waals surface area contributed by atoms with E-state index in [9.17, 15) is 5.11 Å². The zero-order valence-electron chi connectivity index (χ0n) is 10.8. The van der Waals surface area contributed by atoms with Crippen molar-refractivity contribution in [1.82, 2.24) is 0 Å². The summed E-state index contributed by atoms with van der Waals surface area (Å²) in [7, 11) is 0. The Morgan fingerprint density at radius 2 is 1.57 bits per heavy atom. The molecule has 14 heavy (non-hydrogen) atoms. The lowest BCUT2D eigenvalue weighted by atomic mass is 9.77. The molecule has 0 unspecified atom stereocenters. The first-order valence-corrected chi connectivity index (χ1v) is 5.48. The number of rotatable bonds is 3. The van der Waals surface area contributed by atoms with Crippen molar-refractivity contribution in [2.45, 2.75) is 60.5 Å². The maximum atomic E-state index is 10.1. The van der Waals surface area contributed by atoms with E-state index in [0.29, 0.717) is 5.92 Å². The van der Waals surface area contributed by atoms with Crippen LogP contribution in [0.5, 0.6) is 0 Å².